The Labute approximate surface area is 143 Å². The molecular formula is C18H28N2O4. The molecule has 1 aromatic rings. The number of nitrogens with two attached hydrogens (primary N) is 1. The molecule has 1 amide bonds. The molecule has 24 heavy (non-hydrogen) atoms. The zero-order chi connectivity index (χ0) is 17.9. The number of amides is 1. The lowest BCUT2D eigenvalue weighted by Crippen LogP contribution is -2.41. The molecule has 0 radical (unpaired) electrons. The average molecular weight is 336 g/mol. The standard InChI is InChI=1S/C18H28N2O4/c1-6-13(20(5)17(21)24-18(2,3)4)9-12-7-8-14-15(10-12)23-16(11-19)22-14/h7-8,10,13,16H,6,9,11,19H2,1-5H3. The average Bonchev–Trinajstić information content (AvgIpc) is 2.92. The molecule has 2 atom stereocenters. The Hall–Kier alpha value is -1.95. The molecule has 6 heteroatoms. The Morgan fingerprint density at radius 3 is 2.58 bits per heavy atom. The maximum Gasteiger partial charge on any atom is 0.410 e. The fourth-order valence-electron chi connectivity index (χ4n) is 2.58. The number of carbonyl (C=O) groups is 1. The van der Waals surface area contributed by atoms with E-state index in [0.29, 0.717) is 18.0 Å². The second-order valence-electron chi connectivity index (χ2n) is 7.04. The van der Waals surface area contributed by atoms with Gasteiger partial charge in [-0.2, -0.15) is 0 Å². The first-order valence-corrected chi connectivity index (χ1v) is 8.35. The molecule has 1 aromatic carbocycles. The van der Waals surface area contributed by atoms with Gasteiger partial charge in [-0.05, 0) is 51.3 Å². The summed E-state index contributed by atoms with van der Waals surface area (Å²) in [6, 6.07) is 5.88. The zero-order valence-corrected chi connectivity index (χ0v) is 15.2. The number of hydrogen-bond acceptors (Lipinski definition) is 5. The molecule has 0 fully saturated rings. The van der Waals surface area contributed by atoms with Gasteiger partial charge in [0.2, 0.25) is 0 Å². The van der Waals surface area contributed by atoms with Crippen LogP contribution in [0.2, 0.25) is 0 Å². The van der Waals surface area contributed by atoms with Gasteiger partial charge >= 0.3 is 6.09 Å². The van der Waals surface area contributed by atoms with Gasteiger partial charge in [-0.25, -0.2) is 4.79 Å². The third kappa shape index (κ3) is 4.54. The normalized spacial score (nSPS) is 17.5. The molecule has 0 saturated carbocycles. The van der Waals surface area contributed by atoms with Crippen LogP contribution >= 0.6 is 0 Å². The minimum absolute atomic E-state index is 0.0468. The molecule has 0 saturated heterocycles. The summed E-state index contributed by atoms with van der Waals surface area (Å²) in [7, 11) is 1.78. The zero-order valence-electron chi connectivity index (χ0n) is 15.2. The maximum absolute atomic E-state index is 12.3. The van der Waals surface area contributed by atoms with E-state index < -0.39 is 11.9 Å². The van der Waals surface area contributed by atoms with Crippen molar-refractivity contribution in [2.45, 2.75) is 58.5 Å². The van der Waals surface area contributed by atoms with Crippen molar-refractivity contribution < 1.29 is 19.0 Å². The van der Waals surface area contributed by atoms with Crippen molar-refractivity contribution in [1.29, 1.82) is 0 Å². The van der Waals surface area contributed by atoms with Gasteiger partial charge in [-0.1, -0.05) is 13.0 Å². The highest BCUT2D eigenvalue weighted by atomic mass is 16.7. The number of nitrogens with zero attached hydrogens (tertiary/aromatic N) is 1. The minimum Gasteiger partial charge on any atom is -0.450 e. The van der Waals surface area contributed by atoms with Crippen molar-refractivity contribution in [2.24, 2.45) is 5.73 Å². The van der Waals surface area contributed by atoms with Crippen molar-refractivity contribution >= 4 is 6.09 Å². The number of fused-ring (bicyclic) bond motifs is 1. The molecule has 0 spiro atoms. The molecule has 1 aliphatic rings. The summed E-state index contributed by atoms with van der Waals surface area (Å²) >= 11 is 0. The van der Waals surface area contributed by atoms with Crippen molar-refractivity contribution in [1.82, 2.24) is 4.90 Å². The molecule has 2 rings (SSSR count). The summed E-state index contributed by atoms with van der Waals surface area (Å²) in [6.07, 6.45) is 0.825. The largest absolute Gasteiger partial charge is 0.450 e. The van der Waals surface area contributed by atoms with E-state index in [-0.39, 0.29) is 12.1 Å². The van der Waals surface area contributed by atoms with Crippen molar-refractivity contribution in [3.05, 3.63) is 23.8 Å². The Morgan fingerprint density at radius 1 is 1.33 bits per heavy atom. The van der Waals surface area contributed by atoms with Crippen LogP contribution in [0, 0.1) is 0 Å². The van der Waals surface area contributed by atoms with E-state index in [9.17, 15) is 4.79 Å². The van der Waals surface area contributed by atoms with Crippen LogP contribution in [-0.2, 0) is 11.2 Å². The fourth-order valence-corrected chi connectivity index (χ4v) is 2.58. The number of benzene rings is 1. The van der Waals surface area contributed by atoms with E-state index in [1.165, 1.54) is 0 Å². The number of ether oxygens (including phenoxy) is 3. The summed E-state index contributed by atoms with van der Waals surface area (Å²) in [6.45, 7) is 7.97. The quantitative estimate of drug-likeness (QED) is 0.895. The third-order valence-electron chi connectivity index (χ3n) is 3.89. The molecule has 2 unspecified atom stereocenters. The number of rotatable bonds is 5. The maximum atomic E-state index is 12.3. The smallest absolute Gasteiger partial charge is 0.410 e. The van der Waals surface area contributed by atoms with Gasteiger partial charge in [-0.15, -0.1) is 0 Å². The lowest BCUT2D eigenvalue weighted by Gasteiger charge is -2.30. The minimum atomic E-state index is -0.500. The van der Waals surface area contributed by atoms with Gasteiger partial charge in [0, 0.05) is 13.1 Å². The highest BCUT2D eigenvalue weighted by molar-refractivity contribution is 5.68. The molecule has 0 aromatic heterocycles. The molecule has 6 nitrogen and oxygen atoms in total. The first-order valence-electron chi connectivity index (χ1n) is 8.35. The SMILES string of the molecule is CCC(Cc1ccc2c(c1)OC(CN)O2)N(C)C(=O)OC(C)(C)C. The van der Waals surface area contributed by atoms with Crippen molar-refractivity contribution in [3.8, 4) is 11.5 Å². The molecule has 0 bridgehead atoms. The van der Waals surface area contributed by atoms with E-state index in [1.807, 2.05) is 39.0 Å². The summed E-state index contributed by atoms with van der Waals surface area (Å²) in [4.78, 5) is 13.9. The lowest BCUT2D eigenvalue weighted by atomic mass is 10.0. The number of carbonyl (C=O) groups excluding carboxylic acids is 1. The predicted octanol–water partition coefficient (Wildman–Crippen LogP) is 2.93. The van der Waals surface area contributed by atoms with Crippen LogP contribution in [-0.4, -0.2) is 42.5 Å². The summed E-state index contributed by atoms with van der Waals surface area (Å²) < 4.78 is 16.6. The van der Waals surface area contributed by atoms with E-state index in [4.69, 9.17) is 19.9 Å². The van der Waals surface area contributed by atoms with Crippen LogP contribution in [0.4, 0.5) is 4.79 Å². The second-order valence-corrected chi connectivity index (χ2v) is 7.04. The highest BCUT2D eigenvalue weighted by Gasteiger charge is 2.26. The van der Waals surface area contributed by atoms with E-state index in [2.05, 4.69) is 6.92 Å². The van der Waals surface area contributed by atoms with Gasteiger partial charge in [0.05, 0.1) is 6.54 Å². The monoisotopic (exact) mass is 336 g/mol. The summed E-state index contributed by atoms with van der Waals surface area (Å²) in [5.74, 6) is 1.42. The Bertz CT molecular complexity index is 583. The van der Waals surface area contributed by atoms with Gasteiger partial charge in [0.1, 0.15) is 5.60 Å². The van der Waals surface area contributed by atoms with Crippen LogP contribution in [0.25, 0.3) is 0 Å². The van der Waals surface area contributed by atoms with Gasteiger partial charge in [0.25, 0.3) is 6.29 Å². The van der Waals surface area contributed by atoms with Crippen molar-refractivity contribution in [2.75, 3.05) is 13.6 Å². The predicted molar refractivity (Wildman–Crippen MR) is 92.3 cm³/mol. The number of likely N-dealkylation sites (N-methyl/N-ethyl adjacent to an activating group) is 1. The third-order valence-corrected chi connectivity index (χ3v) is 3.89. The molecule has 1 aliphatic heterocycles. The van der Waals surface area contributed by atoms with Gasteiger partial charge < -0.3 is 24.8 Å². The Balaban J connectivity index is 2.04. The van der Waals surface area contributed by atoms with E-state index in [1.54, 1.807) is 11.9 Å². The first kappa shape index (κ1) is 18.4. The van der Waals surface area contributed by atoms with Gasteiger partial charge in [0.15, 0.2) is 11.5 Å². The van der Waals surface area contributed by atoms with Crippen LogP contribution < -0.4 is 15.2 Å². The molecule has 0 aliphatic carbocycles. The molecule has 2 N–H and O–H groups in total. The molecule has 134 valence electrons. The number of hydrogen-bond donors (Lipinski definition) is 1. The van der Waals surface area contributed by atoms with Gasteiger partial charge in [-0.3, -0.25) is 0 Å². The Kier molecular flexibility index (Phi) is 5.59. The van der Waals surface area contributed by atoms with Crippen LogP contribution in [0.5, 0.6) is 11.5 Å². The topological polar surface area (TPSA) is 74.0 Å². The first-order chi connectivity index (χ1) is 11.2. The van der Waals surface area contributed by atoms with Crippen molar-refractivity contribution in [3.63, 3.8) is 0 Å². The van der Waals surface area contributed by atoms with Crippen LogP contribution in [0.1, 0.15) is 39.7 Å². The summed E-state index contributed by atoms with van der Waals surface area (Å²) in [5, 5.41) is 0. The highest BCUT2D eigenvalue weighted by Crippen LogP contribution is 2.35. The van der Waals surface area contributed by atoms with Crippen LogP contribution in [0.15, 0.2) is 18.2 Å². The molecule has 1 heterocycles. The summed E-state index contributed by atoms with van der Waals surface area (Å²) in [5.41, 5.74) is 6.15. The lowest BCUT2D eigenvalue weighted by molar-refractivity contribution is 0.0218. The molecular weight excluding hydrogens is 308 g/mol. The Morgan fingerprint density at radius 2 is 2.00 bits per heavy atom. The fraction of sp³-hybridized carbons (Fsp3) is 0.611. The van der Waals surface area contributed by atoms with E-state index >= 15 is 0 Å². The van der Waals surface area contributed by atoms with Crippen LogP contribution in [0.3, 0.4) is 0 Å². The van der Waals surface area contributed by atoms with E-state index in [0.717, 1.165) is 18.4 Å². The second kappa shape index (κ2) is 7.30.